The number of anilines is 2. The van der Waals surface area contributed by atoms with Gasteiger partial charge in [0, 0.05) is 5.69 Å². The van der Waals surface area contributed by atoms with Gasteiger partial charge in [0.05, 0.1) is 17.4 Å². The van der Waals surface area contributed by atoms with E-state index in [2.05, 4.69) is 19.2 Å². The van der Waals surface area contributed by atoms with Crippen LogP contribution in [0.15, 0.2) is 78.5 Å². The van der Waals surface area contributed by atoms with Crippen molar-refractivity contribution in [3.05, 3.63) is 95.4 Å². The molecule has 0 fully saturated rings. The normalized spacial score (nSPS) is 13.9. The van der Waals surface area contributed by atoms with Crippen LogP contribution >= 0.6 is 0 Å². The number of hydrogen-bond donors (Lipinski definition) is 1. The van der Waals surface area contributed by atoms with Gasteiger partial charge in [-0.25, -0.2) is 9.29 Å². The fourth-order valence-electron chi connectivity index (χ4n) is 3.83. The quantitative estimate of drug-likeness (QED) is 0.433. The molecular weight excluding hydrogens is 431 g/mol. The van der Waals surface area contributed by atoms with E-state index in [1.54, 1.807) is 30.3 Å². The Kier molecular flexibility index (Phi) is 6.50. The summed E-state index contributed by atoms with van der Waals surface area (Å²) in [5, 5.41) is 3.12. The highest BCUT2D eigenvalue weighted by atomic mass is 19.1. The van der Waals surface area contributed by atoms with Crippen LogP contribution < -0.4 is 15.0 Å². The van der Waals surface area contributed by atoms with Crippen molar-refractivity contribution in [3.8, 4) is 5.75 Å². The molecule has 4 rings (SSSR count). The molecule has 0 bridgehead atoms. The molecule has 0 saturated carbocycles. The topological polar surface area (TPSA) is 58.6 Å². The number of imide groups is 1. The maximum absolute atomic E-state index is 14.6. The van der Waals surface area contributed by atoms with Crippen molar-refractivity contribution in [1.82, 2.24) is 0 Å². The van der Waals surface area contributed by atoms with Crippen molar-refractivity contribution in [1.29, 1.82) is 0 Å². The first-order chi connectivity index (χ1) is 16.3. The van der Waals surface area contributed by atoms with Crippen LogP contribution in [-0.2, 0) is 9.59 Å². The highest BCUT2D eigenvalue weighted by Gasteiger charge is 2.41. The Morgan fingerprint density at radius 1 is 0.824 bits per heavy atom. The zero-order chi connectivity index (χ0) is 24.4. The van der Waals surface area contributed by atoms with E-state index in [0.717, 1.165) is 10.5 Å². The molecule has 0 aliphatic carbocycles. The van der Waals surface area contributed by atoms with Gasteiger partial charge in [-0.15, -0.1) is 0 Å². The number of benzene rings is 3. The number of para-hydroxylation sites is 1. The molecule has 0 saturated heterocycles. The monoisotopic (exact) mass is 458 g/mol. The van der Waals surface area contributed by atoms with Crippen molar-refractivity contribution in [3.63, 3.8) is 0 Å². The summed E-state index contributed by atoms with van der Waals surface area (Å²) in [6.07, 6.45) is 0.00217. The molecule has 3 aromatic rings. The Balaban J connectivity index is 1.77. The second-order valence-electron chi connectivity index (χ2n) is 8.74. The van der Waals surface area contributed by atoms with Gasteiger partial charge in [0.15, 0.2) is 0 Å². The molecule has 1 aliphatic heterocycles. The summed E-state index contributed by atoms with van der Waals surface area (Å²) in [6.45, 7) is 8.05. The number of ether oxygens (including phenoxy) is 1. The first-order valence-corrected chi connectivity index (χ1v) is 11.3. The molecule has 0 spiro atoms. The molecular formula is C28H27FN2O3. The van der Waals surface area contributed by atoms with Gasteiger partial charge < -0.3 is 10.1 Å². The third-order valence-electron chi connectivity index (χ3n) is 5.54. The van der Waals surface area contributed by atoms with Crippen LogP contribution in [0.25, 0.3) is 5.57 Å². The van der Waals surface area contributed by atoms with Crippen molar-refractivity contribution >= 4 is 28.8 Å². The smallest absolute Gasteiger partial charge is 0.282 e. The van der Waals surface area contributed by atoms with E-state index in [-0.39, 0.29) is 23.1 Å². The van der Waals surface area contributed by atoms with Crippen molar-refractivity contribution in [2.75, 3.05) is 10.2 Å². The highest BCUT2D eigenvalue weighted by molar-refractivity contribution is 6.46. The summed E-state index contributed by atoms with van der Waals surface area (Å²) < 4.78 is 20.3. The minimum atomic E-state index is -0.647. The first-order valence-electron chi connectivity index (χ1n) is 11.3. The van der Waals surface area contributed by atoms with Crippen LogP contribution in [-0.4, -0.2) is 17.9 Å². The number of nitrogens with zero attached hydrogens (tertiary/aromatic N) is 1. The lowest BCUT2D eigenvalue weighted by atomic mass is 10.0. The van der Waals surface area contributed by atoms with Gasteiger partial charge in [-0.3, -0.25) is 9.59 Å². The zero-order valence-corrected chi connectivity index (χ0v) is 19.6. The third kappa shape index (κ3) is 4.57. The van der Waals surface area contributed by atoms with Crippen LogP contribution in [0.3, 0.4) is 0 Å². The Morgan fingerprint density at radius 2 is 1.47 bits per heavy atom. The van der Waals surface area contributed by atoms with Crippen LogP contribution in [0.4, 0.5) is 15.8 Å². The number of carbonyl (C=O) groups is 2. The van der Waals surface area contributed by atoms with Crippen molar-refractivity contribution in [2.24, 2.45) is 0 Å². The van der Waals surface area contributed by atoms with E-state index >= 15 is 0 Å². The molecule has 1 N–H and O–H groups in total. The van der Waals surface area contributed by atoms with Gasteiger partial charge in [-0.05, 0) is 67.3 Å². The van der Waals surface area contributed by atoms with Crippen molar-refractivity contribution in [2.45, 2.75) is 39.7 Å². The van der Waals surface area contributed by atoms with Crippen LogP contribution in [0.5, 0.6) is 5.75 Å². The molecule has 1 aliphatic rings. The highest BCUT2D eigenvalue weighted by Crippen LogP contribution is 2.35. The van der Waals surface area contributed by atoms with E-state index in [4.69, 9.17) is 4.74 Å². The summed E-state index contributed by atoms with van der Waals surface area (Å²) in [7, 11) is 0. The molecule has 6 heteroatoms. The second-order valence-corrected chi connectivity index (χ2v) is 8.74. The van der Waals surface area contributed by atoms with Gasteiger partial charge in [0.2, 0.25) is 0 Å². The lowest BCUT2D eigenvalue weighted by Crippen LogP contribution is -2.33. The zero-order valence-electron chi connectivity index (χ0n) is 19.6. The summed E-state index contributed by atoms with van der Waals surface area (Å²) >= 11 is 0. The lowest BCUT2D eigenvalue weighted by Gasteiger charge is -2.16. The van der Waals surface area contributed by atoms with Crippen molar-refractivity contribution < 1.29 is 18.7 Å². The number of carbonyl (C=O) groups excluding carboxylic acids is 2. The molecule has 0 aromatic heterocycles. The number of rotatable bonds is 7. The first kappa shape index (κ1) is 23.2. The number of hydrogen-bond acceptors (Lipinski definition) is 4. The molecule has 0 radical (unpaired) electrons. The fourth-order valence-corrected chi connectivity index (χ4v) is 3.83. The maximum atomic E-state index is 14.6. The predicted octanol–water partition coefficient (Wildman–Crippen LogP) is 6.13. The van der Waals surface area contributed by atoms with E-state index in [1.165, 1.54) is 18.2 Å². The number of nitrogens with one attached hydrogen (secondary N) is 1. The average Bonchev–Trinajstić information content (AvgIpc) is 3.04. The Hall–Kier alpha value is -3.93. The number of halogens is 1. The molecule has 0 atom stereocenters. The molecule has 2 amide bonds. The summed E-state index contributed by atoms with van der Waals surface area (Å²) in [6, 6.07) is 20.4. The standard InChI is InChI=1S/C28H27FN2O3/c1-17(2)19-9-13-21(14-10-19)30-26-25(20-11-15-22(16-12-20)34-18(3)4)27(32)31(28(26)33)24-8-6-5-7-23(24)29/h5-18,30H,1-4H3. The van der Waals surface area contributed by atoms with E-state index in [9.17, 15) is 14.0 Å². The molecule has 5 nitrogen and oxygen atoms in total. The van der Waals surface area contributed by atoms with Gasteiger partial charge in [-0.1, -0.05) is 50.2 Å². The fraction of sp³-hybridized carbons (Fsp3) is 0.214. The molecule has 34 heavy (non-hydrogen) atoms. The SMILES string of the molecule is CC(C)Oc1ccc(C2=C(Nc3ccc(C(C)C)cc3)C(=O)N(c3ccccc3F)C2=O)cc1. The maximum Gasteiger partial charge on any atom is 0.282 e. The van der Waals surface area contributed by atoms with Crippen LogP contribution in [0, 0.1) is 5.82 Å². The van der Waals surface area contributed by atoms with Gasteiger partial charge in [0.1, 0.15) is 17.3 Å². The predicted molar refractivity (Wildman–Crippen MR) is 132 cm³/mol. The third-order valence-corrected chi connectivity index (χ3v) is 5.54. The summed E-state index contributed by atoms with van der Waals surface area (Å²) in [5.74, 6) is -0.830. The Labute approximate surface area is 198 Å². The largest absolute Gasteiger partial charge is 0.491 e. The molecule has 3 aromatic carbocycles. The minimum absolute atomic E-state index is 0.00217. The van der Waals surface area contributed by atoms with Crippen LogP contribution in [0.1, 0.15) is 44.7 Å². The second kappa shape index (κ2) is 9.51. The molecule has 1 heterocycles. The van der Waals surface area contributed by atoms with Gasteiger partial charge in [0.25, 0.3) is 11.8 Å². The number of amides is 2. The van der Waals surface area contributed by atoms with E-state index in [1.807, 2.05) is 38.1 Å². The summed E-state index contributed by atoms with van der Waals surface area (Å²) in [4.78, 5) is 27.8. The Morgan fingerprint density at radius 3 is 2.06 bits per heavy atom. The Bertz CT molecular complexity index is 1250. The summed E-state index contributed by atoms with van der Waals surface area (Å²) in [5.41, 5.74) is 2.55. The van der Waals surface area contributed by atoms with E-state index in [0.29, 0.717) is 22.9 Å². The average molecular weight is 459 g/mol. The van der Waals surface area contributed by atoms with Gasteiger partial charge in [-0.2, -0.15) is 0 Å². The van der Waals surface area contributed by atoms with Gasteiger partial charge >= 0.3 is 0 Å². The lowest BCUT2D eigenvalue weighted by molar-refractivity contribution is -0.120. The van der Waals surface area contributed by atoms with Crippen LogP contribution in [0.2, 0.25) is 0 Å². The van der Waals surface area contributed by atoms with E-state index < -0.39 is 17.6 Å². The minimum Gasteiger partial charge on any atom is -0.491 e. The molecule has 174 valence electrons. The molecule has 0 unspecified atom stereocenters.